The normalized spacial score (nSPS) is 14.3. The van der Waals surface area contributed by atoms with Crippen molar-refractivity contribution in [1.29, 1.82) is 0 Å². The maximum atomic E-state index is 12.7. The van der Waals surface area contributed by atoms with Gasteiger partial charge in [-0.3, -0.25) is 29.4 Å². The van der Waals surface area contributed by atoms with Crippen LogP contribution in [0.2, 0.25) is 0 Å². The second-order valence-corrected chi connectivity index (χ2v) is 8.63. The molecular formula is C24H22N2O9S. The standard InChI is InChI=1S/C24H22N2O9S/c1-4-33-19-11-15(12-20-22(28)25(24(30)36-20)13-21(27)34-14(2)3)5-10-18(19)35-23(29)16-6-8-17(9-7-16)26(31)32/h5-12,14H,4,13H2,1-3H3/b20-12-. The van der Waals surface area contributed by atoms with Crippen LogP contribution in [0.3, 0.4) is 0 Å². The van der Waals surface area contributed by atoms with Crippen molar-refractivity contribution in [3.63, 3.8) is 0 Å². The molecule has 2 amide bonds. The van der Waals surface area contributed by atoms with Crippen molar-refractivity contribution in [1.82, 2.24) is 4.90 Å². The first-order valence-corrected chi connectivity index (χ1v) is 11.6. The third kappa shape index (κ3) is 6.48. The van der Waals surface area contributed by atoms with Crippen LogP contribution in [0.4, 0.5) is 10.5 Å². The zero-order valence-electron chi connectivity index (χ0n) is 19.6. The zero-order valence-corrected chi connectivity index (χ0v) is 20.4. The largest absolute Gasteiger partial charge is 0.490 e. The summed E-state index contributed by atoms with van der Waals surface area (Å²) in [5.41, 5.74) is 0.438. The summed E-state index contributed by atoms with van der Waals surface area (Å²) in [5, 5.41) is 10.2. The molecule has 2 aromatic carbocycles. The van der Waals surface area contributed by atoms with Crippen molar-refractivity contribution in [3.8, 4) is 11.5 Å². The highest BCUT2D eigenvalue weighted by Crippen LogP contribution is 2.35. The molecule has 0 aromatic heterocycles. The number of hydrogen-bond donors (Lipinski definition) is 0. The van der Waals surface area contributed by atoms with Crippen molar-refractivity contribution < 1.29 is 38.3 Å². The van der Waals surface area contributed by atoms with Crippen molar-refractivity contribution in [2.24, 2.45) is 0 Å². The first kappa shape index (κ1) is 26.4. The van der Waals surface area contributed by atoms with Crippen LogP contribution in [0, 0.1) is 10.1 Å². The molecule has 12 heteroatoms. The van der Waals surface area contributed by atoms with E-state index in [9.17, 15) is 29.3 Å². The molecule has 0 saturated carbocycles. The number of nitrogens with zero attached hydrogens (tertiary/aromatic N) is 2. The van der Waals surface area contributed by atoms with Crippen LogP contribution in [0.25, 0.3) is 6.08 Å². The molecular weight excluding hydrogens is 492 g/mol. The molecule has 1 heterocycles. The lowest BCUT2D eigenvalue weighted by molar-refractivity contribution is -0.384. The van der Waals surface area contributed by atoms with Gasteiger partial charge in [-0.25, -0.2) is 4.79 Å². The lowest BCUT2D eigenvalue weighted by Gasteiger charge is -2.13. The average Bonchev–Trinajstić information content (AvgIpc) is 3.07. The molecule has 1 saturated heterocycles. The predicted molar refractivity (Wildman–Crippen MR) is 130 cm³/mol. The Morgan fingerprint density at radius 1 is 1.11 bits per heavy atom. The third-order valence-electron chi connectivity index (χ3n) is 4.61. The number of non-ortho nitro benzene ring substituents is 1. The highest BCUT2D eigenvalue weighted by molar-refractivity contribution is 8.18. The molecule has 36 heavy (non-hydrogen) atoms. The van der Waals surface area contributed by atoms with E-state index in [-0.39, 0.29) is 40.4 Å². The number of rotatable bonds is 9. The monoisotopic (exact) mass is 514 g/mol. The van der Waals surface area contributed by atoms with Crippen LogP contribution >= 0.6 is 11.8 Å². The minimum Gasteiger partial charge on any atom is -0.490 e. The van der Waals surface area contributed by atoms with Gasteiger partial charge in [0.05, 0.1) is 28.1 Å². The van der Waals surface area contributed by atoms with Crippen LogP contribution in [-0.4, -0.2) is 52.2 Å². The number of esters is 2. The Morgan fingerprint density at radius 2 is 1.81 bits per heavy atom. The van der Waals surface area contributed by atoms with E-state index in [1.54, 1.807) is 26.8 Å². The lowest BCUT2D eigenvalue weighted by Crippen LogP contribution is -2.35. The number of hydrogen-bond acceptors (Lipinski definition) is 10. The molecule has 0 spiro atoms. The summed E-state index contributed by atoms with van der Waals surface area (Å²) in [6, 6.07) is 9.50. The molecule has 0 atom stereocenters. The first-order chi connectivity index (χ1) is 17.1. The molecule has 0 bridgehead atoms. The number of imide groups is 1. The van der Waals surface area contributed by atoms with E-state index in [1.807, 2.05) is 0 Å². The quantitative estimate of drug-likeness (QED) is 0.157. The average molecular weight is 515 g/mol. The molecule has 0 N–H and O–H groups in total. The van der Waals surface area contributed by atoms with E-state index in [0.717, 1.165) is 4.90 Å². The molecule has 0 radical (unpaired) electrons. The maximum absolute atomic E-state index is 12.7. The summed E-state index contributed by atoms with van der Waals surface area (Å²) in [7, 11) is 0. The summed E-state index contributed by atoms with van der Waals surface area (Å²) >= 11 is 0.689. The minimum absolute atomic E-state index is 0.0990. The summed E-state index contributed by atoms with van der Waals surface area (Å²) in [5.74, 6) is -1.75. The van der Waals surface area contributed by atoms with E-state index in [2.05, 4.69) is 0 Å². The summed E-state index contributed by atoms with van der Waals surface area (Å²) < 4.78 is 16.0. The van der Waals surface area contributed by atoms with Crippen LogP contribution in [-0.2, 0) is 14.3 Å². The van der Waals surface area contributed by atoms with E-state index in [1.165, 1.54) is 42.5 Å². The number of carbonyl (C=O) groups excluding carboxylic acids is 4. The van der Waals surface area contributed by atoms with E-state index < -0.39 is 34.6 Å². The minimum atomic E-state index is -0.743. The Kier molecular flexibility index (Phi) is 8.43. The topological polar surface area (TPSA) is 142 Å². The number of ether oxygens (including phenoxy) is 3. The Bertz CT molecular complexity index is 1240. The fourth-order valence-corrected chi connectivity index (χ4v) is 3.90. The summed E-state index contributed by atoms with van der Waals surface area (Å²) in [4.78, 5) is 60.4. The fraction of sp³-hybridized carbons (Fsp3) is 0.250. The second kappa shape index (κ2) is 11.5. The Morgan fingerprint density at radius 3 is 2.42 bits per heavy atom. The number of thioether (sulfide) groups is 1. The lowest BCUT2D eigenvalue weighted by atomic mass is 10.1. The molecule has 1 aliphatic rings. The van der Waals surface area contributed by atoms with E-state index in [0.29, 0.717) is 17.3 Å². The van der Waals surface area contributed by atoms with Gasteiger partial charge in [0.25, 0.3) is 16.8 Å². The number of amides is 2. The predicted octanol–water partition coefficient (Wildman–Crippen LogP) is 4.20. The van der Waals surface area contributed by atoms with Crippen molar-refractivity contribution in [2.75, 3.05) is 13.2 Å². The van der Waals surface area contributed by atoms with Gasteiger partial charge in [0.2, 0.25) is 0 Å². The summed E-state index contributed by atoms with van der Waals surface area (Å²) in [6.45, 7) is 4.82. The van der Waals surface area contributed by atoms with Crippen LogP contribution in [0.15, 0.2) is 47.4 Å². The number of benzene rings is 2. The molecule has 0 unspecified atom stereocenters. The molecule has 188 valence electrons. The molecule has 1 aliphatic heterocycles. The van der Waals surface area contributed by atoms with Crippen molar-refractivity contribution in [2.45, 2.75) is 26.9 Å². The van der Waals surface area contributed by atoms with E-state index in [4.69, 9.17) is 14.2 Å². The van der Waals surface area contributed by atoms with Gasteiger partial charge in [-0.1, -0.05) is 6.07 Å². The summed E-state index contributed by atoms with van der Waals surface area (Å²) in [6.07, 6.45) is 1.08. The van der Waals surface area contributed by atoms with Crippen molar-refractivity contribution in [3.05, 3.63) is 68.6 Å². The molecule has 11 nitrogen and oxygen atoms in total. The number of carbonyl (C=O) groups is 4. The Labute approximate surface area is 210 Å². The van der Waals surface area contributed by atoms with Crippen molar-refractivity contribution >= 4 is 46.6 Å². The van der Waals surface area contributed by atoms with Crippen LogP contribution < -0.4 is 9.47 Å². The molecule has 2 aromatic rings. The SMILES string of the molecule is CCOc1cc(/C=C2\SC(=O)N(CC(=O)OC(C)C)C2=O)ccc1OC(=O)c1ccc([N+](=O)[O-])cc1. The highest BCUT2D eigenvalue weighted by atomic mass is 32.2. The zero-order chi connectivity index (χ0) is 26.4. The van der Waals surface area contributed by atoms with Crippen LogP contribution in [0.1, 0.15) is 36.7 Å². The number of nitro benzene ring substituents is 1. The smallest absolute Gasteiger partial charge is 0.343 e. The van der Waals surface area contributed by atoms with Gasteiger partial charge in [0.15, 0.2) is 11.5 Å². The van der Waals surface area contributed by atoms with Gasteiger partial charge in [0, 0.05) is 12.1 Å². The third-order valence-corrected chi connectivity index (χ3v) is 5.52. The Balaban J connectivity index is 1.78. The fourth-order valence-electron chi connectivity index (χ4n) is 3.06. The van der Waals surface area contributed by atoms with Gasteiger partial charge in [-0.15, -0.1) is 0 Å². The van der Waals surface area contributed by atoms with Gasteiger partial charge in [-0.2, -0.15) is 0 Å². The molecule has 3 rings (SSSR count). The maximum Gasteiger partial charge on any atom is 0.343 e. The highest BCUT2D eigenvalue weighted by Gasteiger charge is 2.36. The van der Waals surface area contributed by atoms with Gasteiger partial charge < -0.3 is 14.2 Å². The second-order valence-electron chi connectivity index (χ2n) is 7.64. The first-order valence-electron chi connectivity index (χ1n) is 10.8. The van der Waals surface area contributed by atoms with Crippen LogP contribution in [0.5, 0.6) is 11.5 Å². The van der Waals surface area contributed by atoms with Gasteiger partial charge in [-0.05, 0) is 68.4 Å². The number of nitro groups is 1. The van der Waals surface area contributed by atoms with Gasteiger partial charge in [0.1, 0.15) is 6.54 Å². The molecule has 0 aliphatic carbocycles. The Hall–Kier alpha value is -4.19. The molecule has 1 fully saturated rings. The van der Waals surface area contributed by atoms with E-state index >= 15 is 0 Å². The van der Waals surface area contributed by atoms with Gasteiger partial charge >= 0.3 is 11.9 Å².